The van der Waals surface area contributed by atoms with Crippen molar-refractivity contribution in [1.82, 2.24) is 0 Å². The fourth-order valence-corrected chi connectivity index (χ4v) is 2.04. The van der Waals surface area contributed by atoms with Gasteiger partial charge in [-0.25, -0.2) is 0 Å². The fraction of sp³-hybridized carbons (Fsp3) is 0.571. The molecule has 0 aromatic heterocycles. The molecular formula is C14H22N2O3. The number of anilines is 1. The summed E-state index contributed by atoms with van der Waals surface area (Å²) < 4.78 is 0. The highest BCUT2D eigenvalue weighted by atomic mass is 16.6. The molecule has 0 bridgehead atoms. The average molecular weight is 266 g/mol. The van der Waals surface area contributed by atoms with Crippen LogP contribution in [0, 0.1) is 22.5 Å². The van der Waals surface area contributed by atoms with Crippen LogP contribution in [-0.4, -0.2) is 23.2 Å². The highest BCUT2D eigenvalue weighted by Gasteiger charge is 2.25. The molecule has 0 saturated carbocycles. The molecule has 0 aliphatic rings. The number of hydrogen-bond acceptors (Lipinski definition) is 4. The standard InChI is InChI=1S/C14H22N2O3/c1-4-14(5-2,10-17)9-15-12-6-7-13(16(18)19)11(3)8-12/h6-8,15,17H,4-5,9-10H2,1-3H3. The number of aliphatic hydroxyl groups is 1. The second-order valence-electron chi connectivity index (χ2n) is 4.98. The number of aryl methyl sites for hydroxylation is 1. The van der Waals surface area contributed by atoms with E-state index in [0.717, 1.165) is 18.5 Å². The quantitative estimate of drug-likeness (QED) is 0.587. The fourth-order valence-electron chi connectivity index (χ4n) is 2.04. The van der Waals surface area contributed by atoms with Crippen molar-refractivity contribution in [3.8, 4) is 0 Å². The number of rotatable bonds is 7. The minimum absolute atomic E-state index is 0.129. The molecule has 5 nitrogen and oxygen atoms in total. The van der Waals surface area contributed by atoms with Crippen molar-refractivity contribution in [1.29, 1.82) is 0 Å². The second-order valence-corrected chi connectivity index (χ2v) is 4.98. The van der Waals surface area contributed by atoms with Gasteiger partial charge in [0.25, 0.3) is 5.69 Å². The Hall–Kier alpha value is -1.62. The van der Waals surface area contributed by atoms with Gasteiger partial charge in [-0.2, -0.15) is 0 Å². The minimum atomic E-state index is -0.380. The maximum absolute atomic E-state index is 10.7. The van der Waals surface area contributed by atoms with Crippen LogP contribution >= 0.6 is 0 Å². The third kappa shape index (κ3) is 3.67. The largest absolute Gasteiger partial charge is 0.396 e. The van der Waals surface area contributed by atoms with E-state index < -0.39 is 0 Å². The first-order valence-corrected chi connectivity index (χ1v) is 6.57. The van der Waals surface area contributed by atoms with Gasteiger partial charge in [0.2, 0.25) is 0 Å². The Morgan fingerprint density at radius 3 is 2.42 bits per heavy atom. The number of benzene rings is 1. The van der Waals surface area contributed by atoms with Crippen LogP contribution in [0.5, 0.6) is 0 Å². The van der Waals surface area contributed by atoms with E-state index in [1.807, 2.05) is 0 Å². The van der Waals surface area contributed by atoms with E-state index in [9.17, 15) is 15.2 Å². The van der Waals surface area contributed by atoms with Crippen LogP contribution in [0.15, 0.2) is 18.2 Å². The van der Waals surface area contributed by atoms with Gasteiger partial charge >= 0.3 is 0 Å². The minimum Gasteiger partial charge on any atom is -0.396 e. The molecule has 106 valence electrons. The number of nitro benzene ring substituents is 1. The van der Waals surface area contributed by atoms with Gasteiger partial charge in [-0.3, -0.25) is 10.1 Å². The van der Waals surface area contributed by atoms with E-state index >= 15 is 0 Å². The third-order valence-electron chi connectivity index (χ3n) is 3.90. The molecule has 1 aromatic rings. The monoisotopic (exact) mass is 266 g/mol. The van der Waals surface area contributed by atoms with Crippen LogP contribution in [0.1, 0.15) is 32.3 Å². The maximum Gasteiger partial charge on any atom is 0.272 e. The zero-order chi connectivity index (χ0) is 14.5. The summed E-state index contributed by atoms with van der Waals surface area (Å²) >= 11 is 0. The molecule has 0 aliphatic heterocycles. The summed E-state index contributed by atoms with van der Waals surface area (Å²) in [4.78, 5) is 10.4. The molecule has 0 amide bonds. The Morgan fingerprint density at radius 1 is 1.37 bits per heavy atom. The van der Waals surface area contributed by atoms with Crippen LogP contribution in [0.3, 0.4) is 0 Å². The first kappa shape index (κ1) is 15.4. The molecule has 1 rings (SSSR count). The Balaban J connectivity index is 2.78. The second kappa shape index (κ2) is 6.52. The third-order valence-corrected chi connectivity index (χ3v) is 3.90. The smallest absolute Gasteiger partial charge is 0.272 e. The van der Waals surface area contributed by atoms with Gasteiger partial charge in [-0.15, -0.1) is 0 Å². The summed E-state index contributed by atoms with van der Waals surface area (Å²) in [5.41, 5.74) is 1.49. The van der Waals surface area contributed by atoms with Gasteiger partial charge in [0, 0.05) is 29.3 Å². The van der Waals surface area contributed by atoms with E-state index in [2.05, 4.69) is 19.2 Å². The Bertz CT molecular complexity index is 434. The summed E-state index contributed by atoms with van der Waals surface area (Å²) in [5.74, 6) is 0. The molecule has 0 radical (unpaired) electrons. The van der Waals surface area contributed by atoms with Gasteiger partial charge in [-0.1, -0.05) is 13.8 Å². The number of nitrogens with one attached hydrogen (secondary N) is 1. The summed E-state index contributed by atoms with van der Waals surface area (Å²) in [6, 6.07) is 4.99. The highest BCUT2D eigenvalue weighted by molar-refractivity contribution is 5.53. The van der Waals surface area contributed by atoms with Gasteiger partial charge in [0.1, 0.15) is 0 Å². The summed E-state index contributed by atoms with van der Waals surface area (Å²) in [6.45, 7) is 6.64. The molecular weight excluding hydrogens is 244 g/mol. The van der Waals surface area contributed by atoms with Crippen LogP contribution < -0.4 is 5.32 Å². The van der Waals surface area contributed by atoms with Crippen molar-refractivity contribution < 1.29 is 10.0 Å². The molecule has 5 heteroatoms. The Labute approximate surface area is 113 Å². The van der Waals surface area contributed by atoms with Crippen molar-refractivity contribution in [2.45, 2.75) is 33.6 Å². The lowest BCUT2D eigenvalue weighted by molar-refractivity contribution is -0.385. The molecule has 0 fully saturated rings. The molecule has 0 aliphatic carbocycles. The van der Waals surface area contributed by atoms with Crippen molar-refractivity contribution in [2.24, 2.45) is 5.41 Å². The molecule has 1 aromatic carbocycles. The Morgan fingerprint density at radius 2 is 2.00 bits per heavy atom. The predicted octanol–water partition coefficient (Wildman–Crippen LogP) is 3.11. The van der Waals surface area contributed by atoms with Crippen LogP contribution in [0.2, 0.25) is 0 Å². The highest BCUT2D eigenvalue weighted by Crippen LogP contribution is 2.27. The van der Waals surface area contributed by atoms with E-state index in [0.29, 0.717) is 12.1 Å². The number of hydrogen-bond donors (Lipinski definition) is 2. The van der Waals surface area contributed by atoms with E-state index in [4.69, 9.17) is 0 Å². The predicted molar refractivity (Wildman–Crippen MR) is 76.4 cm³/mol. The van der Waals surface area contributed by atoms with Crippen molar-refractivity contribution >= 4 is 11.4 Å². The van der Waals surface area contributed by atoms with Crippen molar-refractivity contribution in [3.63, 3.8) is 0 Å². The molecule has 0 unspecified atom stereocenters. The average Bonchev–Trinajstić information content (AvgIpc) is 2.40. The maximum atomic E-state index is 10.7. The molecule has 0 saturated heterocycles. The number of nitro groups is 1. The van der Waals surface area contributed by atoms with Gasteiger partial charge < -0.3 is 10.4 Å². The number of aliphatic hydroxyl groups excluding tert-OH is 1. The van der Waals surface area contributed by atoms with Crippen LogP contribution in [0.4, 0.5) is 11.4 Å². The molecule has 0 atom stereocenters. The first-order valence-electron chi connectivity index (χ1n) is 6.57. The van der Waals surface area contributed by atoms with Crippen LogP contribution in [0.25, 0.3) is 0 Å². The van der Waals surface area contributed by atoms with Crippen molar-refractivity contribution in [2.75, 3.05) is 18.5 Å². The van der Waals surface area contributed by atoms with Gasteiger partial charge in [0.15, 0.2) is 0 Å². The lowest BCUT2D eigenvalue weighted by Gasteiger charge is -2.30. The van der Waals surface area contributed by atoms with E-state index in [1.54, 1.807) is 19.1 Å². The van der Waals surface area contributed by atoms with Gasteiger partial charge in [-0.05, 0) is 31.9 Å². The normalized spacial score (nSPS) is 11.4. The lowest BCUT2D eigenvalue weighted by atomic mass is 9.83. The lowest BCUT2D eigenvalue weighted by Crippen LogP contribution is -2.32. The number of nitrogens with zero attached hydrogens (tertiary/aromatic N) is 1. The molecule has 0 heterocycles. The van der Waals surface area contributed by atoms with Crippen molar-refractivity contribution in [3.05, 3.63) is 33.9 Å². The zero-order valence-corrected chi connectivity index (χ0v) is 11.8. The summed E-state index contributed by atoms with van der Waals surface area (Å²) in [6.07, 6.45) is 1.78. The topological polar surface area (TPSA) is 75.4 Å². The summed E-state index contributed by atoms with van der Waals surface area (Å²) in [5, 5.41) is 23.5. The first-order chi connectivity index (χ1) is 8.98. The molecule has 0 spiro atoms. The van der Waals surface area contributed by atoms with E-state index in [1.165, 1.54) is 6.07 Å². The van der Waals surface area contributed by atoms with E-state index in [-0.39, 0.29) is 22.6 Å². The SMILES string of the molecule is CCC(CC)(CO)CNc1ccc([N+](=O)[O-])c(C)c1. The zero-order valence-electron chi connectivity index (χ0n) is 11.8. The van der Waals surface area contributed by atoms with Gasteiger partial charge in [0.05, 0.1) is 11.5 Å². The Kier molecular flexibility index (Phi) is 5.30. The summed E-state index contributed by atoms with van der Waals surface area (Å²) in [7, 11) is 0. The van der Waals surface area contributed by atoms with Crippen LogP contribution in [-0.2, 0) is 0 Å². The molecule has 2 N–H and O–H groups in total. The molecule has 19 heavy (non-hydrogen) atoms.